The van der Waals surface area contributed by atoms with Gasteiger partial charge in [-0.15, -0.1) is 0 Å². The highest BCUT2D eigenvalue weighted by atomic mass is 16.5. The van der Waals surface area contributed by atoms with Crippen molar-refractivity contribution in [1.29, 1.82) is 0 Å². The van der Waals surface area contributed by atoms with Crippen molar-refractivity contribution >= 4 is 11.9 Å². The molecule has 5 aliphatic rings. The quantitative estimate of drug-likeness (QED) is 0.190. The van der Waals surface area contributed by atoms with Gasteiger partial charge in [0.15, 0.2) is 0 Å². The van der Waals surface area contributed by atoms with Gasteiger partial charge >= 0.3 is 11.9 Å². The fourth-order valence-corrected chi connectivity index (χ4v) is 13.2. The summed E-state index contributed by atoms with van der Waals surface area (Å²) in [6, 6.07) is 0. The Morgan fingerprint density at radius 2 is 1.57 bits per heavy atom. The molecule has 0 heterocycles. The topological polar surface area (TPSA) is 87.1 Å². The predicted molar refractivity (Wildman–Crippen MR) is 175 cm³/mol. The molecule has 9 atom stereocenters. The van der Waals surface area contributed by atoms with Gasteiger partial charge in [0.25, 0.3) is 0 Å². The number of carbonyl (C=O) groups is 2. The molecule has 2 N–H and O–H groups in total. The van der Waals surface area contributed by atoms with E-state index in [0.29, 0.717) is 28.1 Å². The number of carboxylic acids is 1. The van der Waals surface area contributed by atoms with Crippen molar-refractivity contribution in [2.45, 2.75) is 151 Å². The molecule has 5 fully saturated rings. The summed E-state index contributed by atoms with van der Waals surface area (Å²) >= 11 is 0. The Balaban J connectivity index is 1.32. The molecule has 0 bridgehead atoms. The molecular formula is C38H65NO5. The minimum atomic E-state index is -0.868. The lowest BCUT2D eigenvalue weighted by atomic mass is 9.32. The van der Waals surface area contributed by atoms with Crippen LogP contribution >= 0.6 is 0 Å². The van der Waals surface area contributed by atoms with Crippen molar-refractivity contribution in [2.75, 3.05) is 20.3 Å². The van der Waals surface area contributed by atoms with Crippen molar-refractivity contribution < 1.29 is 24.5 Å². The van der Waals surface area contributed by atoms with Crippen LogP contribution in [0.25, 0.3) is 0 Å². The molecule has 5 rings (SSSR count). The second-order valence-corrected chi connectivity index (χ2v) is 18.6. The molecule has 2 unspecified atom stereocenters. The van der Waals surface area contributed by atoms with Gasteiger partial charge in [-0.2, -0.15) is 0 Å². The first-order valence-corrected chi connectivity index (χ1v) is 18.1. The smallest absolute Gasteiger partial charge is 0.306 e. The molecule has 0 aromatic heterocycles. The number of aliphatic hydroxyl groups is 1. The first-order chi connectivity index (χ1) is 20.4. The maximum absolute atomic E-state index is 13.1. The fraction of sp³-hybridized carbons (Fsp3) is 0.947. The summed E-state index contributed by atoms with van der Waals surface area (Å²) in [6.45, 7) is 17.6. The summed E-state index contributed by atoms with van der Waals surface area (Å²) in [4.78, 5) is 26.5. The average Bonchev–Trinajstić information content (AvgIpc) is 3.33. The highest BCUT2D eigenvalue weighted by molar-refractivity contribution is 5.73. The van der Waals surface area contributed by atoms with Crippen molar-refractivity contribution in [1.82, 2.24) is 4.90 Å². The lowest BCUT2D eigenvalue weighted by Crippen LogP contribution is -2.66. The van der Waals surface area contributed by atoms with Crippen LogP contribution in [0.3, 0.4) is 0 Å². The molecule has 0 aromatic rings. The van der Waals surface area contributed by atoms with Gasteiger partial charge in [0.1, 0.15) is 6.10 Å². The van der Waals surface area contributed by atoms with E-state index in [-0.39, 0.29) is 42.5 Å². The highest BCUT2D eigenvalue weighted by Crippen LogP contribution is 2.77. The van der Waals surface area contributed by atoms with Gasteiger partial charge in [-0.3, -0.25) is 14.5 Å². The maximum atomic E-state index is 13.1. The van der Waals surface area contributed by atoms with E-state index in [2.05, 4.69) is 39.5 Å². The fourth-order valence-electron chi connectivity index (χ4n) is 13.2. The standard InChI is InChI=1S/C38H65NO5/c1-33(2,23-31(41)42)24-32(43)44-30-15-18-35(5)28(34(30,3)4)14-19-37(7)29(35)13-12-26-27-11-9-16-38(27,21-20-36(26,37)6)17-10-22-39(8)25-40/h26-30,40H,9-25H2,1-8H3,(H,41,42)/t26-,27-,28?,29?,30+,35+,36-,37-,38+/m1/s1. The average molecular weight is 616 g/mol. The molecule has 0 spiro atoms. The van der Waals surface area contributed by atoms with E-state index < -0.39 is 11.4 Å². The number of aliphatic hydroxyl groups excluding tert-OH is 1. The zero-order valence-electron chi connectivity index (χ0n) is 29.5. The lowest BCUT2D eigenvalue weighted by Gasteiger charge is -2.72. The van der Waals surface area contributed by atoms with Crippen LogP contribution < -0.4 is 0 Å². The van der Waals surface area contributed by atoms with Gasteiger partial charge in [-0.1, -0.05) is 54.9 Å². The molecule has 0 radical (unpaired) electrons. The Hall–Kier alpha value is -1.14. The van der Waals surface area contributed by atoms with E-state index in [4.69, 9.17) is 4.74 Å². The first kappa shape index (κ1) is 34.2. The maximum Gasteiger partial charge on any atom is 0.306 e. The number of carboxylic acid groups (broad SMARTS) is 1. The molecule has 5 aliphatic carbocycles. The van der Waals surface area contributed by atoms with Gasteiger partial charge < -0.3 is 14.9 Å². The molecule has 6 nitrogen and oxygen atoms in total. The normalized spacial score (nSPS) is 43.0. The zero-order chi connectivity index (χ0) is 32.3. The Bertz CT molecular complexity index is 1090. The first-order valence-electron chi connectivity index (χ1n) is 18.1. The Morgan fingerprint density at radius 1 is 0.841 bits per heavy atom. The summed E-state index contributed by atoms with van der Waals surface area (Å²) in [5, 5.41) is 18.8. The number of carbonyl (C=O) groups excluding carboxylic acids is 1. The molecule has 0 aliphatic heterocycles. The van der Waals surface area contributed by atoms with Crippen LogP contribution in [0.5, 0.6) is 0 Å². The van der Waals surface area contributed by atoms with Gasteiger partial charge in [0.05, 0.1) is 19.6 Å². The molecule has 44 heavy (non-hydrogen) atoms. The summed E-state index contributed by atoms with van der Waals surface area (Å²) in [7, 11) is 2.03. The largest absolute Gasteiger partial charge is 0.481 e. The van der Waals surface area contributed by atoms with E-state index in [9.17, 15) is 19.8 Å². The van der Waals surface area contributed by atoms with E-state index in [0.717, 1.165) is 31.2 Å². The number of fused-ring (bicyclic) bond motifs is 7. The minimum Gasteiger partial charge on any atom is -0.481 e. The number of rotatable bonds is 10. The van der Waals surface area contributed by atoms with Crippen LogP contribution in [0.4, 0.5) is 0 Å². The van der Waals surface area contributed by atoms with Gasteiger partial charge in [-0.05, 0) is 141 Å². The van der Waals surface area contributed by atoms with Crippen molar-refractivity contribution in [3.8, 4) is 0 Å². The van der Waals surface area contributed by atoms with E-state index in [1.54, 1.807) is 0 Å². The number of esters is 1. The van der Waals surface area contributed by atoms with E-state index in [1.165, 1.54) is 70.6 Å². The third-order valence-electron chi connectivity index (χ3n) is 15.5. The lowest BCUT2D eigenvalue weighted by molar-refractivity contribution is -0.249. The van der Waals surface area contributed by atoms with E-state index >= 15 is 0 Å². The summed E-state index contributed by atoms with van der Waals surface area (Å²) in [5.41, 5.74) is 0.779. The number of ether oxygens (including phenoxy) is 1. The van der Waals surface area contributed by atoms with Crippen molar-refractivity contribution in [3.63, 3.8) is 0 Å². The zero-order valence-corrected chi connectivity index (χ0v) is 29.5. The molecule has 6 heteroatoms. The van der Waals surface area contributed by atoms with Gasteiger partial charge in [0, 0.05) is 5.41 Å². The number of aliphatic carboxylic acids is 1. The van der Waals surface area contributed by atoms with E-state index in [1.807, 2.05) is 20.9 Å². The van der Waals surface area contributed by atoms with Gasteiger partial charge in [0.2, 0.25) is 0 Å². The molecule has 0 saturated heterocycles. The Morgan fingerprint density at radius 3 is 2.25 bits per heavy atom. The molecule has 0 amide bonds. The van der Waals surface area contributed by atoms with Crippen LogP contribution in [0.15, 0.2) is 0 Å². The van der Waals surface area contributed by atoms with Gasteiger partial charge in [-0.25, -0.2) is 0 Å². The Labute approximate surface area is 268 Å². The summed E-state index contributed by atoms with van der Waals surface area (Å²) in [5.74, 6) is 1.80. The highest BCUT2D eigenvalue weighted by Gasteiger charge is 2.70. The van der Waals surface area contributed by atoms with Crippen molar-refractivity contribution in [3.05, 3.63) is 0 Å². The van der Waals surface area contributed by atoms with Crippen LogP contribution in [-0.2, 0) is 14.3 Å². The third kappa shape index (κ3) is 5.58. The monoisotopic (exact) mass is 615 g/mol. The Kier molecular flexibility index (Phi) is 9.20. The summed E-state index contributed by atoms with van der Waals surface area (Å²) in [6.07, 6.45) is 16.8. The number of hydrogen-bond acceptors (Lipinski definition) is 5. The van der Waals surface area contributed by atoms with Crippen LogP contribution in [0.1, 0.15) is 145 Å². The van der Waals surface area contributed by atoms with Crippen molar-refractivity contribution in [2.24, 2.45) is 56.2 Å². The molecular weight excluding hydrogens is 550 g/mol. The number of nitrogens with zero attached hydrogens (tertiary/aromatic N) is 1. The summed E-state index contributed by atoms with van der Waals surface area (Å²) < 4.78 is 6.25. The van der Waals surface area contributed by atoms with Crippen LogP contribution in [-0.4, -0.2) is 53.5 Å². The second kappa shape index (κ2) is 11.8. The SMILES string of the molecule is CN(CO)CCC[C@]12CCC[C@@H]1[C@H]1CCC3[C@@]4(C)CC[C@H](OC(=O)CC(C)(C)CC(=O)O)C(C)(C)C4CC[C@@]3(C)[C@]1(C)CC2. The minimum absolute atomic E-state index is 0.0279. The predicted octanol–water partition coefficient (Wildman–Crippen LogP) is 8.31. The second-order valence-electron chi connectivity index (χ2n) is 18.6. The van der Waals surface area contributed by atoms with Crippen LogP contribution in [0.2, 0.25) is 0 Å². The number of hydrogen-bond donors (Lipinski definition) is 2. The molecule has 252 valence electrons. The molecule has 5 saturated carbocycles. The molecule has 0 aromatic carbocycles. The third-order valence-corrected chi connectivity index (χ3v) is 15.5. The van der Waals surface area contributed by atoms with Crippen LogP contribution in [0, 0.1) is 56.2 Å².